The molecule has 2 aromatic carbocycles. The molecule has 146 valence electrons. The lowest BCUT2D eigenvalue weighted by atomic mass is 10.1. The van der Waals surface area contributed by atoms with Gasteiger partial charge in [0.25, 0.3) is 15.9 Å². The number of amides is 1. The van der Waals surface area contributed by atoms with Gasteiger partial charge < -0.3 is 10.2 Å². The summed E-state index contributed by atoms with van der Waals surface area (Å²) in [7, 11) is -3.70. The fraction of sp³-hybridized carbons (Fsp3) is 0.316. The molecule has 1 amide bonds. The first kappa shape index (κ1) is 21.2. The van der Waals surface area contributed by atoms with Crippen LogP contribution in [0.4, 0.5) is 5.69 Å². The number of halogens is 1. The molecule has 1 aliphatic heterocycles. The molecular formula is C19H24ClN3O3S. The molecule has 0 aromatic heterocycles. The molecule has 1 saturated heterocycles. The van der Waals surface area contributed by atoms with Crippen LogP contribution in [-0.4, -0.2) is 44.9 Å². The van der Waals surface area contributed by atoms with Crippen molar-refractivity contribution < 1.29 is 13.2 Å². The third kappa shape index (κ3) is 4.80. The smallest absolute Gasteiger partial charge is 0.261 e. The number of rotatable bonds is 4. The minimum Gasteiger partial charge on any atom is -0.333 e. The van der Waals surface area contributed by atoms with Crippen molar-refractivity contribution in [1.29, 1.82) is 0 Å². The summed E-state index contributed by atoms with van der Waals surface area (Å²) in [5.74, 6) is -0.0742. The van der Waals surface area contributed by atoms with E-state index >= 15 is 0 Å². The number of carbonyl (C=O) groups excluding carboxylic acids is 1. The van der Waals surface area contributed by atoms with E-state index in [9.17, 15) is 13.2 Å². The maximum atomic E-state index is 12.6. The molecule has 1 aliphatic rings. The Bertz CT molecular complexity index is 901. The van der Waals surface area contributed by atoms with Crippen LogP contribution in [0.5, 0.6) is 0 Å². The Morgan fingerprint density at radius 1 is 1.15 bits per heavy atom. The minimum absolute atomic E-state index is 0. The second-order valence-electron chi connectivity index (χ2n) is 6.50. The molecule has 0 bridgehead atoms. The average molecular weight is 410 g/mol. The fourth-order valence-electron chi connectivity index (χ4n) is 2.98. The molecule has 1 heterocycles. The second-order valence-corrected chi connectivity index (χ2v) is 8.18. The van der Waals surface area contributed by atoms with Gasteiger partial charge in [0, 0.05) is 31.2 Å². The van der Waals surface area contributed by atoms with E-state index in [1.807, 2.05) is 30.9 Å². The van der Waals surface area contributed by atoms with Crippen LogP contribution in [0.2, 0.25) is 0 Å². The number of nitrogens with zero attached hydrogens (tertiary/aromatic N) is 1. The first-order chi connectivity index (χ1) is 12.4. The van der Waals surface area contributed by atoms with Gasteiger partial charge >= 0.3 is 0 Å². The van der Waals surface area contributed by atoms with Gasteiger partial charge in [-0.15, -0.1) is 12.4 Å². The highest BCUT2D eigenvalue weighted by Crippen LogP contribution is 2.20. The molecule has 6 nitrogen and oxygen atoms in total. The Kier molecular flexibility index (Phi) is 6.86. The summed E-state index contributed by atoms with van der Waals surface area (Å²) in [6, 6.07) is 13.4. The van der Waals surface area contributed by atoms with Crippen LogP contribution < -0.4 is 10.0 Å². The molecule has 27 heavy (non-hydrogen) atoms. The minimum atomic E-state index is -3.70. The van der Waals surface area contributed by atoms with Crippen LogP contribution in [0.25, 0.3) is 0 Å². The van der Waals surface area contributed by atoms with Crippen molar-refractivity contribution in [2.75, 3.05) is 24.4 Å². The molecule has 0 radical (unpaired) electrons. The van der Waals surface area contributed by atoms with Crippen molar-refractivity contribution in [3.05, 3.63) is 59.7 Å². The molecule has 1 atom stereocenters. The zero-order valence-electron chi connectivity index (χ0n) is 15.3. The average Bonchev–Trinajstić information content (AvgIpc) is 2.63. The summed E-state index contributed by atoms with van der Waals surface area (Å²) < 4.78 is 27.7. The number of hydrogen-bond donors (Lipinski definition) is 2. The van der Waals surface area contributed by atoms with Gasteiger partial charge in [0.15, 0.2) is 0 Å². The molecule has 2 N–H and O–H groups in total. The molecule has 8 heteroatoms. The molecule has 0 unspecified atom stereocenters. The number of sulfonamides is 1. The van der Waals surface area contributed by atoms with E-state index in [-0.39, 0.29) is 29.3 Å². The highest BCUT2D eigenvalue weighted by Gasteiger charge is 2.24. The standard InChI is InChI=1S/C19H23N3O3S.ClH/c1-14-5-3-4-6-18(14)21-26(24,25)17-9-7-16(8-10-17)19(23)22-12-11-20-13-15(22)2;/h3-10,15,20-21H,11-13H2,1-2H3;1H/t15-;/m1./s1. The van der Waals surface area contributed by atoms with E-state index < -0.39 is 10.0 Å². The predicted octanol–water partition coefficient (Wildman–Crippen LogP) is 2.65. The van der Waals surface area contributed by atoms with E-state index in [1.54, 1.807) is 24.3 Å². The van der Waals surface area contributed by atoms with Crippen LogP contribution in [0.3, 0.4) is 0 Å². The predicted molar refractivity (Wildman–Crippen MR) is 109 cm³/mol. The zero-order chi connectivity index (χ0) is 18.7. The summed E-state index contributed by atoms with van der Waals surface area (Å²) >= 11 is 0. The SMILES string of the molecule is Cc1ccccc1NS(=O)(=O)c1ccc(C(=O)N2CCNC[C@H]2C)cc1.Cl. The van der Waals surface area contributed by atoms with E-state index in [4.69, 9.17) is 0 Å². The van der Waals surface area contributed by atoms with Gasteiger partial charge in [-0.3, -0.25) is 9.52 Å². The molecule has 1 fully saturated rings. The molecule has 3 rings (SSSR count). The van der Waals surface area contributed by atoms with Gasteiger partial charge in [0.05, 0.1) is 10.6 Å². The first-order valence-corrected chi connectivity index (χ1v) is 10.1. The van der Waals surface area contributed by atoms with Crippen LogP contribution in [0, 0.1) is 6.92 Å². The van der Waals surface area contributed by atoms with Gasteiger partial charge in [0.1, 0.15) is 0 Å². The summed E-state index contributed by atoms with van der Waals surface area (Å²) in [6.45, 7) is 6.01. The van der Waals surface area contributed by atoms with Crippen molar-refractivity contribution in [3.63, 3.8) is 0 Å². The van der Waals surface area contributed by atoms with Crippen molar-refractivity contribution in [2.45, 2.75) is 24.8 Å². The third-order valence-corrected chi connectivity index (χ3v) is 5.94. The number of nitrogens with one attached hydrogen (secondary N) is 2. The van der Waals surface area contributed by atoms with E-state index in [2.05, 4.69) is 10.0 Å². The maximum absolute atomic E-state index is 12.6. The number of aryl methyl sites for hydroxylation is 1. The number of para-hydroxylation sites is 1. The topological polar surface area (TPSA) is 78.5 Å². The number of benzene rings is 2. The lowest BCUT2D eigenvalue weighted by Crippen LogP contribution is -2.52. The van der Waals surface area contributed by atoms with Gasteiger partial charge in [0.2, 0.25) is 0 Å². The van der Waals surface area contributed by atoms with E-state index in [0.717, 1.165) is 18.7 Å². The lowest BCUT2D eigenvalue weighted by molar-refractivity contribution is 0.0655. The molecule has 0 saturated carbocycles. The van der Waals surface area contributed by atoms with Crippen LogP contribution >= 0.6 is 12.4 Å². The normalized spacial score (nSPS) is 17.1. The Balaban J connectivity index is 0.00000261. The third-order valence-electron chi connectivity index (χ3n) is 4.56. The summed E-state index contributed by atoms with van der Waals surface area (Å²) in [5, 5.41) is 3.25. The molecule has 0 spiro atoms. The van der Waals surface area contributed by atoms with Gasteiger partial charge in [-0.1, -0.05) is 18.2 Å². The van der Waals surface area contributed by atoms with E-state index in [0.29, 0.717) is 17.8 Å². The molecule has 2 aromatic rings. The van der Waals surface area contributed by atoms with Crippen LogP contribution in [-0.2, 0) is 10.0 Å². The van der Waals surface area contributed by atoms with Crippen molar-refractivity contribution in [2.24, 2.45) is 0 Å². The maximum Gasteiger partial charge on any atom is 0.261 e. The lowest BCUT2D eigenvalue weighted by Gasteiger charge is -2.34. The molecular weight excluding hydrogens is 386 g/mol. The first-order valence-electron chi connectivity index (χ1n) is 8.59. The van der Waals surface area contributed by atoms with E-state index in [1.165, 1.54) is 12.1 Å². The molecule has 0 aliphatic carbocycles. The Labute approximate surface area is 166 Å². The van der Waals surface area contributed by atoms with Crippen molar-refractivity contribution in [3.8, 4) is 0 Å². The second kappa shape index (κ2) is 8.73. The zero-order valence-corrected chi connectivity index (χ0v) is 16.9. The van der Waals surface area contributed by atoms with Crippen LogP contribution in [0.1, 0.15) is 22.8 Å². The quantitative estimate of drug-likeness (QED) is 0.813. The summed E-state index contributed by atoms with van der Waals surface area (Å²) in [5.41, 5.74) is 1.88. The Morgan fingerprint density at radius 3 is 2.44 bits per heavy atom. The number of hydrogen-bond acceptors (Lipinski definition) is 4. The largest absolute Gasteiger partial charge is 0.333 e. The summed E-state index contributed by atoms with van der Waals surface area (Å²) in [6.07, 6.45) is 0. The van der Waals surface area contributed by atoms with Gasteiger partial charge in [-0.25, -0.2) is 8.42 Å². The highest BCUT2D eigenvalue weighted by atomic mass is 35.5. The highest BCUT2D eigenvalue weighted by molar-refractivity contribution is 7.92. The number of carbonyl (C=O) groups is 1. The van der Waals surface area contributed by atoms with Crippen molar-refractivity contribution >= 4 is 34.0 Å². The Hall–Kier alpha value is -2.09. The monoisotopic (exact) mass is 409 g/mol. The summed E-state index contributed by atoms with van der Waals surface area (Å²) in [4.78, 5) is 14.6. The fourth-order valence-corrected chi connectivity index (χ4v) is 4.11. The van der Waals surface area contributed by atoms with Crippen molar-refractivity contribution in [1.82, 2.24) is 10.2 Å². The number of piperazine rings is 1. The Morgan fingerprint density at radius 2 is 1.81 bits per heavy atom. The van der Waals surface area contributed by atoms with Gasteiger partial charge in [-0.05, 0) is 49.7 Å². The van der Waals surface area contributed by atoms with Gasteiger partial charge in [-0.2, -0.15) is 0 Å². The number of anilines is 1. The van der Waals surface area contributed by atoms with Crippen LogP contribution in [0.15, 0.2) is 53.4 Å².